The first-order valence-corrected chi connectivity index (χ1v) is 12.4. The van der Waals surface area contributed by atoms with Crippen molar-refractivity contribution in [2.45, 2.75) is 6.92 Å². The summed E-state index contributed by atoms with van der Waals surface area (Å²) >= 11 is 6.79. The molecule has 0 bridgehead atoms. The molecule has 0 spiro atoms. The Morgan fingerprint density at radius 3 is 2.27 bits per heavy atom. The first-order valence-electron chi connectivity index (χ1n) is 10.8. The van der Waals surface area contributed by atoms with Crippen LogP contribution >= 0.6 is 31.9 Å². The summed E-state index contributed by atoms with van der Waals surface area (Å²) in [5.74, 6) is -1.70. The van der Waals surface area contributed by atoms with Gasteiger partial charge in [-0.15, -0.1) is 0 Å². The monoisotopic (exact) mass is 627 g/mol. The lowest BCUT2D eigenvalue weighted by Gasteiger charge is -2.26. The molecule has 0 radical (unpaired) electrons. The second kappa shape index (κ2) is 11.0. The number of aryl methyl sites for hydroxylation is 1. The van der Waals surface area contributed by atoms with Crippen molar-refractivity contribution < 1.29 is 29.0 Å². The highest BCUT2D eigenvalue weighted by molar-refractivity contribution is 9.11. The predicted octanol–water partition coefficient (Wildman–Crippen LogP) is 4.91. The Balaban J connectivity index is 1.51. The zero-order chi connectivity index (χ0) is 26.7. The number of hydrogen-bond acceptors (Lipinski definition) is 6. The molecule has 0 aromatic heterocycles. The van der Waals surface area contributed by atoms with Gasteiger partial charge in [0.1, 0.15) is 17.1 Å². The van der Waals surface area contributed by atoms with Gasteiger partial charge in [0.05, 0.1) is 14.6 Å². The van der Waals surface area contributed by atoms with E-state index in [-0.39, 0.29) is 29.5 Å². The largest absolute Gasteiger partial charge is 0.508 e. The molecule has 11 heteroatoms. The normalized spacial score (nSPS) is 14.5. The highest BCUT2D eigenvalue weighted by Gasteiger charge is 2.36. The lowest BCUT2D eigenvalue weighted by Crippen LogP contribution is -2.54. The van der Waals surface area contributed by atoms with Gasteiger partial charge in [0.15, 0.2) is 6.61 Å². The molecule has 0 aliphatic carbocycles. The summed E-state index contributed by atoms with van der Waals surface area (Å²) in [7, 11) is 0. The number of hydrogen-bond donors (Lipinski definition) is 3. The van der Waals surface area contributed by atoms with Crippen LogP contribution in [0.3, 0.4) is 0 Å². The average molecular weight is 629 g/mol. The van der Waals surface area contributed by atoms with Crippen LogP contribution in [0.4, 0.5) is 16.2 Å². The number of nitrogens with zero attached hydrogens (tertiary/aromatic N) is 1. The van der Waals surface area contributed by atoms with Crippen LogP contribution in [-0.4, -0.2) is 35.5 Å². The molecule has 0 atom stereocenters. The summed E-state index contributed by atoms with van der Waals surface area (Å²) in [5.41, 5.74) is 2.10. The quantitative estimate of drug-likeness (QED) is 0.263. The number of rotatable bonds is 6. The SMILES string of the molecule is Cc1ccc(NC(=O)COc2c(Br)cc(/C=C3\C(=O)NC(=O)N(c4ccc(O)cc4)C3=O)cc2Br)cc1. The number of carbonyl (C=O) groups excluding carboxylic acids is 4. The molecule has 1 fully saturated rings. The van der Waals surface area contributed by atoms with E-state index in [1.54, 1.807) is 24.3 Å². The lowest BCUT2D eigenvalue weighted by atomic mass is 10.1. The molecular weight excluding hydrogens is 610 g/mol. The second-order valence-electron chi connectivity index (χ2n) is 7.99. The molecule has 37 heavy (non-hydrogen) atoms. The molecule has 0 unspecified atom stereocenters. The summed E-state index contributed by atoms with van der Waals surface area (Å²) in [5, 5.41) is 14.4. The third-order valence-electron chi connectivity index (χ3n) is 5.22. The number of nitrogens with one attached hydrogen (secondary N) is 2. The number of barbiturate groups is 1. The van der Waals surface area contributed by atoms with Gasteiger partial charge in [0, 0.05) is 5.69 Å². The van der Waals surface area contributed by atoms with Gasteiger partial charge in [0.2, 0.25) is 0 Å². The maximum absolute atomic E-state index is 13.0. The van der Waals surface area contributed by atoms with E-state index in [2.05, 4.69) is 42.5 Å². The molecule has 1 saturated heterocycles. The highest BCUT2D eigenvalue weighted by Crippen LogP contribution is 2.36. The van der Waals surface area contributed by atoms with Gasteiger partial charge in [-0.3, -0.25) is 19.7 Å². The van der Waals surface area contributed by atoms with E-state index >= 15 is 0 Å². The fourth-order valence-corrected chi connectivity index (χ4v) is 4.88. The van der Waals surface area contributed by atoms with Crippen LogP contribution in [0.15, 0.2) is 75.2 Å². The number of phenols is 1. The van der Waals surface area contributed by atoms with Crippen molar-refractivity contribution in [3.8, 4) is 11.5 Å². The summed E-state index contributed by atoms with van der Waals surface area (Å²) in [4.78, 5) is 50.9. The van der Waals surface area contributed by atoms with Gasteiger partial charge in [-0.25, -0.2) is 9.69 Å². The van der Waals surface area contributed by atoms with Gasteiger partial charge >= 0.3 is 6.03 Å². The minimum Gasteiger partial charge on any atom is -0.508 e. The topological polar surface area (TPSA) is 125 Å². The number of halogens is 2. The number of phenolic OH excluding ortho intramolecular Hbond substituents is 1. The van der Waals surface area contributed by atoms with Crippen molar-refractivity contribution in [1.82, 2.24) is 5.32 Å². The Hall–Kier alpha value is -3.96. The van der Waals surface area contributed by atoms with Crippen LogP contribution < -0.4 is 20.3 Å². The molecule has 3 N–H and O–H groups in total. The second-order valence-corrected chi connectivity index (χ2v) is 9.70. The fraction of sp³-hybridized carbons (Fsp3) is 0.0769. The van der Waals surface area contributed by atoms with E-state index < -0.39 is 17.8 Å². The third kappa shape index (κ3) is 6.07. The number of amides is 5. The smallest absolute Gasteiger partial charge is 0.335 e. The van der Waals surface area contributed by atoms with Gasteiger partial charge in [-0.05, 0) is 99.0 Å². The third-order valence-corrected chi connectivity index (χ3v) is 6.40. The van der Waals surface area contributed by atoms with E-state index in [4.69, 9.17) is 4.74 Å². The number of ether oxygens (including phenoxy) is 1. The minimum atomic E-state index is -0.895. The van der Waals surface area contributed by atoms with Crippen LogP contribution in [0, 0.1) is 6.92 Å². The molecule has 1 aliphatic heterocycles. The summed E-state index contributed by atoms with van der Waals surface area (Å²) in [6, 6.07) is 15.1. The van der Waals surface area contributed by atoms with Crippen LogP contribution in [0.5, 0.6) is 11.5 Å². The maximum atomic E-state index is 13.0. The molecule has 3 aromatic rings. The van der Waals surface area contributed by atoms with Gasteiger partial charge in [0.25, 0.3) is 17.7 Å². The molecule has 4 rings (SSSR count). The van der Waals surface area contributed by atoms with Crippen LogP contribution in [0.25, 0.3) is 6.08 Å². The Kier molecular flexibility index (Phi) is 7.74. The van der Waals surface area contributed by atoms with E-state index in [1.165, 1.54) is 30.3 Å². The molecule has 3 aromatic carbocycles. The number of benzene rings is 3. The summed E-state index contributed by atoms with van der Waals surface area (Å²) in [6.07, 6.45) is 1.33. The first-order chi connectivity index (χ1) is 17.6. The van der Waals surface area contributed by atoms with Crippen LogP contribution in [0.1, 0.15) is 11.1 Å². The van der Waals surface area contributed by atoms with Crippen molar-refractivity contribution in [2.24, 2.45) is 0 Å². The molecule has 0 saturated carbocycles. The Labute approximate surface area is 228 Å². The number of anilines is 2. The zero-order valence-corrected chi connectivity index (χ0v) is 22.4. The Morgan fingerprint density at radius 2 is 1.65 bits per heavy atom. The standard InChI is InChI=1S/C26H19Br2N3O6/c1-14-2-4-16(5-3-14)29-22(33)13-37-23-20(27)11-15(12-21(23)28)10-19-24(34)30-26(36)31(25(19)35)17-6-8-18(32)9-7-17/h2-12,32H,13H2,1H3,(H,29,33)(H,30,34,36)/b19-10+. The molecule has 188 valence electrons. The van der Waals surface area contributed by atoms with E-state index in [9.17, 15) is 24.3 Å². The lowest BCUT2D eigenvalue weighted by molar-refractivity contribution is -0.122. The van der Waals surface area contributed by atoms with Gasteiger partial charge in [-0.2, -0.15) is 0 Å². The molecule has 1 heterocycles. The molecule has 5 amide bonds. The van der Waals surface area contributed by atoms with Gasteiger partial charge < -0.3 is 15.2 Å². The molecular formula is C26H19Br2N3O6. The molecule has 9 nitrogen and oxygen atoms in total. The van der Waals surface area contributed by atoms with Crippen molar-refractivity contribution in [2.75, 3.05) is 16.8 Å². The fourth-order valence-electron chi connectivity index (χ4n) is 3.43. The number of carbonyl (C=O) groups is 4. The Morgan fingerprint density at radius 1 is 1.03 bits per heavy atom. The van der Waals surface area contributed by atoms with E-state index in [1.807, 2.05) is 19.1 Å². The molecule has 1 aliphatic rings. The zero-order valence-electron chi connectivity index (χ0n) is 19.2. The minimum absolute atomic E-state index is 0.0369. The van der Waals surface area contributed by atoms with Crippen molar-refractivity contribution in [3.63, 3.8) is 0 Å². The maximum Gasteiger partial charge on any atom is 0.335 e. The van der Waals surface area contributed by atoms with Crippen molar-refractivity contribution in [1.29, 1.82) is 0 Å². The van der Waals surface area contributed by atoms with Gasteiger partial charge in [-0.1, -0.05) is 17.7 Å². The Bertz CT molecular complexity index is 1410. The van der Waals surface area contributed by atoms with Crippen molar-refractivity contribution >= 4 is 73.1 Å². The average Bonchev–Trinajstić information content (AvgIpc) is 2.84. The number of urea groups is 1. The van der Waals surface area contributed by atoms with Crippen LogP contribution in [0.2, 0.25) is 0 Å². The highest BCUT2D eigenvalue weighted by atomic mass is 79.9. The first kappa shape index (κ1) is 26.1. The summed E-state index contributed by atoms with van der Waals surface area (Å²) < 4.78 is 6.59. The van der Waals surface area contributed by atoms with Crippen LogP contribution in [-0.2, 0) is 14.4 Å². The van der Waals surface area contributed by atoms with E-state index in [0.717, 1.165) is 10.5 Å². The van der Waals surface area contributed by atoms with E-state index in [0.29, 0.717) is 25.9 Å². The predicted molar refractivity (Wildman–Crippen MR) is 144 cm³/mol. The number of aromatic hydroxyl groups is 1. The number of imide groups is 2. The van der Waals surface area contributed by atoms with Crippen molar-refractivity contribution in [3.05, 3.63) is 86.3 Å². The summed E-state index contributed by atoms with van der Waals surface area (Å²) in [6.45, 7) is 1.70.